The first-order chi connectivity index (χ1) is 16.4. The van der Waals surface area contributed by atoms with Gasteiger partial charge in [-0.2, -0.15) is 13.2 Å². The summed E-state index contributed by atoms with van der Waals surface area (Å²) in [5.74, 6) is 0.226. The number of nitrogens with one attached hydrogen (secondary N) is 3. The number of allylic oxidation sites excluding steroid dienone is 1. The summed E-state index contributed by atoms with van der Waals surface area (Å²) in [7, 11) is 0. The highest BCUT2D eigenvalue weighted by atomic mass is 19.4. The van der Waals surface area contributed by atoms with Gasteiger partial charge in [-0.3, -0.25) is 5.32 Å². The van der Waals surface area contributed by atoms with Crippen molar-refractivity contribution >= 4 is 11.5 Å². The van der Waals surface area contributed by atoms with Crippen LogP contribution in [0.3, 0.4) is 0 Å². The fourth-order valence-corrected chi connectivity index (χ4v) is 4.40. The van der Waals surface area contributed by atoms with Crippen LogP contribution in [0.1, 0.15) is 52.2 Å². The molecule has 3 N–H and O–H groups in total. The molecule has 4 rings (SSSR count). The lowest BCUT2D eigenvalue weighted by Gasteiger charge is -2.38. The van der Waals surface area contributed by atoms with Gasteiger partial charge in [-0.05, 0) is 59.2 Å². The number of halogens is 3. The molecule has 2 aliphatic rings. The van der Waals surface area contributed by atoms with Gasteiger partial charge in [0.2, 0.25) is 0 Å². The van der Waals surface area contributed by atoms with E-state index in [0.717, 1.165) is 23.0 Å². The number of nitrogens with zero attached hydrogens (tertiary/aromatic N) is 2. The van der Waals surface area contributed by atoms with E-state index in [1.807, 2.05) is 6.08 Å². The van der Waals surface area contributed by atoms with Gasteiger partial charge in [-0.25, -0.2) is 4.98 Å². The van der Waals surface area contributed by atoms with Gasteiger partial charge in [-0.15, -0.1) is 0 Å². The Labute approximate surface area is 205 Å². The Bertz CT molecular complexity index is 1100. The quantitative estimate of drug-likeness (QED) is 0.497. The van der Waals surface area contributed by atoms with Crippen LogP contribution in [0.5, 0.6) is 0 Å². The Hall–Kier alpha value is -3.00. The number of hydrogen-bond acceptors (Lipinski definition) is 5. The first-order valence-corrected chi connectivity index (χ1v) is 12.0. The predicted octanol–water partition coefficient (Wildman–Crippen LogP) is 5.99. The second kappa shape index (κ2) is 9.57. The van der Waals surface area contributed by atoms with E-state index in [4.69, 9.17) is 0 Å². The van der Waals surface area contributed by atoms with Crippen molar-refractivity contribution in [2.24, 2.45) is 5.92 Å². The van der Waals surface area contributed by atoms with Crippen LogP contribution < -0.4 is 20.9 Å². The molecule has 0 aliphatic carbocycles. The molecule has 2 aromatic rings. The van der Waals surface area contributed by atoms with Crippen molar-refractivity contribution in [3.63, 3.8) is 0 Å². The van der Waals surface area contributed by atoms with Crippen LogP contribution in [-0.4, -0.2) is 23.9 Å². The van der Waals surface area contributed by atoms with Crippen molar-refractivity contribution in [1.29, 1.82) is 0 Å². The Morgan fingerprint density at radius 1 is 1.09 bits per heavy atom. The molecule has 8 heteroatoms. The maximum absolute atomic E-state index is 13.6. The molecule has 1 aromatic heterocycles. The normalized spacial score (nSPS) is 21.0. The van der Waals surface area contributed by atoms with Crippen LogP contribution in [-0.2, 0) is 11.6 Å². The summed E-state index contributed by atoms with van der Waals surface area (Å²) < 4.78 is 40.8. The second-order valence-electron chi connectivity index (χ2n) is 10.5. The molecule has 1 aromatic carbocycles. The standard InChI is InChI=1S/C27H34F3N5/c1-17(2)23-33-22-13-16-35(25-21(27(28,29)30)7-6-14-31-25)15-12-20(22)24(34-23)32-19-10-8-18(9-11-19)26(3,4)5/h6-11,13-14,16-17,23-24,32-34H,12,15H2,1-5H3. The summed E-state index contributed by atoms with van der Waals surface area (Å²) >= 11 is 0. The summed E-state index contributed by atoms with van der Waals surface area (Å²) in [6.07, 6.45) is 0.916. The smallest absolute Gasteiger partial charge is 0.369 e. The van der Waals surface area contributed by atoms with Gasteiger partial charge < -0.3 is 15.5 Å². The number of anilines is 2. The Kier molecular flexibility index (Phi) is 6.86. The van der Waals surface area contributed by atoms with E-state index < -0.39 is 11.7 Å². The van der Waals surface area contributed by atoms with Gasteiger partial charge in [0.05, 0.1) is 11.7 Å². The summed E-state index contributed by atoms with van der Waals surface area (Å²) in [5, 5.41) is 10.8. The molecule has 2 unspecified atom stereocenters. The summed E-state index contributed by atoms with van der Waals surface area (Å²) in [5.41, 5.74) is 3.58. The number of aromatic nitrogens is 1. The molecule has 0 saturated carbocycles. The third-order valence-electron chi connectivity index (χ3n) is 6.49. The van der Waals surface area contributed by atoms with Crippen molar-refractivity contribution < 1.29 is 13.2 Å². The molecular weight excluding hydrogens is 451 g/mol. The van der Waals surface area contributed by atoms with Gasteiger partial charge in [0.25, 0.3) is 0 Å². The highest BCUT2D eigenvalue weighted by Crippen LogP contribution is 2.36. The van der Waals surface area contributed by atoms with E-state index >= 15 is 0 Å². The minimum absolute atomic E-state index is 0.0110. The molecule has 0 amide bonds. The Morgan fingerprint density at radius 3 is 2.43 bits per heavy atom. The molecule has 0 radical (unpaired) electrons. The Morgan fingerprint density at radius 2 is 1.80 bits per heavy atom. The topological polar surface area (TPSA) is 52.2 Å². The summed E-state index contributed by atoms with van der Waals surface area (Å²) in [4.78, 5) is 5.66. The van der Waals surface area contributed by atoms with Gasteiger partial charge in [0.15, 0.2) is 0 Å². The van der Waals surface area contributed by atoms with Crippen molar-refractivity contribution in [2.75, 3.05) is 16.8 Å². The predicted molar refractivity (Wildman–Crippen MR) is 135 cm³/mol. The molecular formula is C27H34F3N5. The fraction of sp³-hybridized carbons (Fsp3) is 0.444. The largest absolute Gasteiger partial charge is 0.419 e. The van der Waals surface area contributed by atoms with E-state index in [0.29, 0.717) is 18.9 Å². The van der Waals surface area contributed by atoms with E-state index in [2.05, 4.69) is 79.8 Å². The maximum atomic E-state index is 13.6. The minimum Gasteiger partial charge on any atom is -0.369 e. The molecule has 0 spiro atoms. The van der Waals surface area contributed by atoms with Crippen LogP contribution in [0.2, 0.25) is 0 Å². The van der Waals surface area contributed by atoms with Gasteiger partial charge in [-0.1, -0.05) is 46.8 Å². The average molecular weight is 486 g/mol. The van der Waals surface area contributed by atoms with Gasteiger partial charge in [0, 0.05) is 30.3 Å². The van der Waals surface area contributed by atoms with Crippen molar-refractivity contribution in [3.8, 4) is 0 Å². The first-order valence-electron chi connectivity index (χ1n) is 12.0. The lowest BCUT2D eigenvalue weighted by Crippen LogP contribution is -2.57. The SMILES string of the molecule is CC(C)C1NC2=C(CCN(c3ncccc3C(F)(F)F)C=C2)C(Nc2ccc(C(C)(C)C)cc2)N1. The van der Waals surface area contributed by atoms with Crippen molar-refractivity contribution in [3.05, 3.63) is 77.3 Å². The van der Waals surface area contributed by atoms with E-state index in [-0.39, 0.29) is 23.6 Å². The van der Waals surface area contributed by atoms with Crippen LogP contribution in [0.25, 0.3) is 0 Å². The highest BCUT2D eigenvalue weighted by Gasteiger charge is 2.36. The molecule has 0 bridgehead atoms. The van der Waals surface area contributed by atoms with Crippen LogP contribution >= 0.6 is 0 Å². The first kappa shape index (κ1) is 25.1. The summed E-state index contributed by atoms with van der Waals surface area (Å²) in [6, 6.07) is 10.8. The summed E-state index contributed by atoms with van der Waals surface area (Å²) in [6.45, 7) is 11.2. The molecule has 5 nitrogen and oxygen atoms in total. The Balaban J connectivity index is 1.60. The lowest BCUT2D eigenvalue weighted by atomic mass is 9.87. The average Bonchev–Trinajstić information content (AvgIpc) is 3.01. The monoisotopic (exact) mass is 485 g/mol. The number of alkyl halides is 3. The number of hydrogen-bond donors (Lipinski definition) is 3. The van der Waals surface area contributed by atoms with Crippen LogP contribution in [0.15, 0.2) is 66.1 Å². The third kappa shape index (κ3) is 5.64. The number of rotatable bonds is 4. The van der Waals surface area contributed by atoms with E-state index in [9.17, 15) is 13.2 Å². The van der Waals surface area contributed by atoms with Crippen molar-refractivity contribution in [1.82, 2.24) is 15.6 Å². The molecule has 2 aliphatic heterocycles. The molecule has 35 heavy (non-hydrogen) atoms. The van der Waals surface area contributed by atoms with Crippen molar-refractivity contribution in [2.45, 2.75) is 65.0 Å². The molecule has 3 heterocycles. The zero-order valence-electron chi connectivity index (χ0n) is 20.9. The zero-order valence-corrected chi connectivity index (χ0v) is 20.9. The second-order valence-corrected chi connectivity index (χ2v) is 10.5. The van der Waals surface area contributed by atoms with Gasteiger partial charge in [0.1, 0.15) is 12.0 Å². The third-order valence-corrected chi connectivity index (χ3v) is 6.49. The van der Waals surface area contributed by atoms with Crippen LogP contribution in [0.4, 0.5) is 24.7 Å². The molecule has 2 atom stereocenters. The number of pyridine rings is 1. The van der Waals surface area contributed by atoms with Gasteiger partial charge >= 0.3 is 6.18 Å². The van der Waals surface area contributed by atoms with E-state index in [1.165, 1.54) is 17.8 Å². The lowest BCUT2D eigenvalue weighted by molar-refractivity contribution is -0.137. The molecule has 0 fully saturated rings. The fourth-order valence-electron chi connectivity index (χ4n) is 4.40. The van der Waals surface area contributed by atoms with E-state index in [1.54, 1.807) is 11.1 Å². The maximum Gasteiger partial charge on any atom is 0.419 e. The minimum atomic E-state index is -4.47. The zero-order chi connectivity index (χ0) is 25.4. The highest BCUT2D eigenvalue weighted by molar-refractivity contribution is 5.54. The molecule has 0 saturated heterocycles. The van der Waals surface area contributed by atoms with Crippen LogP contribution in [0, 0.1) is 5.92 Å². The number of benzene rings is 1. The molecule has 188 valence electrons.